The molecular weight excluding hydrogens is 332 g/mol. The number of ether oxygens (including phenoxy) is 1. The zero-order valence-electron chi connectivity index (χ0n) is 13.6. The molecule has 9 nitrogen and oxygen atoms in total. The highest BCUT2D eigenvalue weighted by Crippen LogP contribution is 2.23. The van der Waals surface area contributed by atoms with E-state index in [-0.39, 0.29) is 5.84 Å². The second-order valence-corrected chi connectivity index (χ2v) is 5.82. The Morgan fingerprint density at radius 2 is 1.96 bits per heavy atom. The summed E-state index contributed by atoms with van der Waals surface area (Å²) in [6.07, 6.45) is 0. The van der Waals surface area contributed by atoms with Crippen LogP contribution in [0.3, 0.4) is 0 Å². The first kappa shape index (κ1) is 19.3. The molecule has 128 valence electrons. The summed E-state index contributed by atoms with van der Waals surface area (Å²) in [5.74, 6) is -0.307. The van der Waals surface area contributed by atoms with Gasteiger partial charge in [-0.2, -0.15) is 13.7 Å². The Morgan fingerprint density at radius 1 is 1.38 bits per heavy atom. The lowest BCUT2D eigenvalue weighted by atomic mass is 9.98. The first-order valence-corrected chi connectivity index (χ1v) is 8.51. The molecule has 1 atom stereocenters. The van der Waals surface area contributed by atoms with Gasteiger partial charge < -0.3 is 9.64 Å². The van der Waals surface area contributed by atoms with Crippen LogP contribution in [-0.4, -0.2) is 39.4 Å². The summed E-state index contributed by atoms with van der Waals surface area (Å²) in [6.45, 7) is 4.49. The van der Waals surface area contributed by atoms with Crippen molar-refractivity contribution in [3.05, 3.63) is 40.3 Å². The Balaban J connectivity index is 3.46. The minimum Gasteiger partial charge on any atom is -0.497 e. The molecule has 0 aliphatic carbocycles. The molecule has 0 spiro atoms. The highest BCUT2D eigenvalue weighted by molar-refractivity contribution is 7.88. The normalized spacial score (nSPS) is 12.7. The second-order valence-electron chi connectivity index (χ2n) is 4.58. The molecule has 0 aliphatic rings. The minimum absolute atomic E-state index is 0.0140. The Kier molecular flexibility index (Phi) is 7.04. The SMILES string of the molecule is CCN(CC)/C(=N/S(=O)(=O)N=[N+]=[N-])C(C#N)c1ccc(OC)cc1. The summed E-state index contributed by atoms with van der Waals surface area (Å²) in [6, 6.07) is 8.71. The number of hydrogen-bond acceptors (Lipinski definition) is 4. The number of methoxy groups -OCH3 is 1. The summed E-state index contributed by atoms with van der Waals surface area (Å²) in [4.78, 5) is 3.89. The van der Waals surface area contributed by atoms with Gasteiger partial charge in [-0.1, -0.05) is 12.1 Å². The monoisotopic (exact) mass is 350 g/mol. The number of amidine groups is 1. The standard InChI is InChI=1S/C14H18N6O3S/c1-4-20(5-2)14(17-24(21,22)19-18-16)13(10-15)11-6-8-12(23-3)9-7-11/h6-9,13H,4-5H2,1-3H3/b17-14+. The fraction of sp³-hybridized carbons (Fsp3) is 0.429. The van der Waals surface area contributed by atoms with Gasteiger partial charge in [0.2, 0.25) is 0 Å². The number of rotatable bonds is 7. The first-order chi connectivity index (χ1) is 11.4. The Bertz CT molecular complexity index is 772. The van der Waals surface area contributed by atoms with Crippen LogP contribution < -0.4 is 4.74 Å². The molecule has 0 saturated carbocycles. The van der Waals surface area contributed by atoms with Crippen molar-refractivity contribution in [2.75, 3.05) is 20.2 Å². The first-order valence-electron chi connectivity index (χ1n) is 7.12. The molecule has 0 amide bonds. The summed E-state index contributed by atoms with van der Waals surface area (Å²) in [5.41, 5.74) is 8.91. The summed E-state index contributed by atoms with van der Waals surface area (Å²) >= 11 is 0. The molecule has 1 aromatic carbocycles. The topological polar surface area (TPSA) is 132 Å². The summed E-state index contributed by atoms with van der Waals surface area (Å²) < 4.78 is 34.9. The van der Waals surface area contributed by atoms with Gasteiger partial charge in [-0.3, -0.25) is 0 Å². The number of benzene rings is 1. The van der Waals surface area contributed by atoms with Gasteiger partial charge in [0.25, 0.3) is 0 Å². The molecule has 10 heteroatoms. The smallest absolute Gasteiger partial charge is 0.344 e. The third-order valence-electron chi connectivity index (χ3n) is 3.27. The van der Waals surface area contributed by atoms with Gasteiger partial charge in [0.15, 0.2) is 0 Å². The fourth-order valence-corrected chi connectivity index (χ4v) is 2.69. The van der Waals surface area contributed by atoms with E-state index in [2.05, 4.69) is 19.9 Å². The predicted octanol–water partition coefficient (Wildman–Crippen LogP) is 2.60. The molecule has 0 aromatic heterocycles. The van der Waals surface area contributed by atoms with Crippen molar-refractivity contribution in [2.24, 2.45) is 8.92 Å². The molecule has 0 aliphatic heterocycles. The average molecular weight is 350 g/mol. The van der Waals surface area contributed by atoms with E-state index in [1.165, 1.54) is 7.11 Å². The van der Waals surface area contributed by atoms with Crippen molar-refractivity contribution >= 4 is 16.0 Å². The van der Waals surface area contributed by atoms with Crippen LogP contribution >= 0.6 is 0 Å². The zero-order chi connectivity index (χ0) is 18.2. The van der Waals surface area contributed by atoms with Crippen LogP contribution in [0.1, 0.15) is 25.3 Å². The van der Waals surface area contributed by atoms with Gasteiger partial charge in [-0.05, 0) is 37.1 Å². The van der Waals surface area contributed by atoms with Gasteiger partial charge in [0.1, 0.15) is 17.5 Å². The van der Waals surface area contributed by atoms with Gasteiger partial charge >= 0.3 is 10.2 Å². The van der Waals surface area contributed by atoms with Gasteiger partial charge in [-0.25, -0.2) is 0 Å². The van der Waals surface area contributed by atoms with E-state index in [0.29, 0.717) is 24.4 Å². The lowest BCUT2D eigenvalue weighted by molar-refractivity contribution is 0.414. The quantitative estimate of drug-likeness (QED) is 0.245. The fourth-order valence-electron chi connectivity index (χ4n) is 2.10. The third kappa shape index (κ3) is 4.87. The molecule has 0 N–H and O–H groups in total. The molecule has 1 unspecified atom stereocenters. The van der Waals surface area contributed by atoms with E-state index in [1.807, 2.05) is 13.8 Å². The lowest BCUT2D eigenvalue weighted by Crippen LogP contribution is -2.35. The van der Waals surface area contributed by atoms with E-state index < -0.39 is 16.1 Å². The lowest BCUT2D eigenvalue weighted by Gasteiger charge is -2.25. The van der Waals surface area contributed by atoms with Crippen LogP contribution in [0.15, 0.2) is 33.2 Å². The third-order valence-corrected chi connectivity index (χ3v) is 3.97. The number of azide groups is 1. The number of likely N-dealkylation sites (N-methyl/N-ethyl adjacent to an activating group) is 1. The predicted molar refractivity (Wildman–Crippen MR) is 89.8 cm³/mol. The molecule has 0 heterocycles. The van der Waals surface area contributed by atoms with Crippen molar-refractivity contribution in [1.82, 2.24) is 4.90 Å². The second kappa shape index (κ2) is 8.76. The molecule has 0 radical (unpaired) electrons. The van der Waals surface area contributed by atoms with Crippen LogP contribution in [0, 0.1) is 11.3 Å². The van der Waals surface area contributed by atoms with Crippen LogP contribution in [-0.2, 0) is 10.2 Å². The van der Waals surface area contributed by atoms with Gasteiger partial charge in [-0.15, -0.1) is 4.40 Å². The molecular formula is C14H18N6O3S. The van der Waals surface area contributed by atoms with Crippen molar-refractivity contribution in [3.8, 4) is 11.8 Å². The van der Waals surface area contributed by atoms with Crippen LogP contribution in [0.25, 0.3) is 10.4 Å². The Hall–Kier alpha value is -2.76. The van der Waals surface area contributed by atoms with Crippen molar-refractivity contribution in [2.45, 2.75) is 19.8 Å². The Labute approximate surface area is 141 Å². The summed E-state index contributed by atoms with van der Waals surface area (Å²) in [7, 11) is -2.87. The van der Waals surface area contributed by atoms with Gasteiger partial charge in [0, 0.05) is 18.0 Å². The van der Waals surface area contributed by atoms with Crippen molar-refractivity contribution in [1.29, 1.82) is 5.26 Å². The average Bonchev–Trinajstić information content (AvgIpc) is 2.56. The molecule has 1 rings (SSSR count). The zero-order valence-corrected chi connectivity index (χ0v) is 14.4. The number of hydrogen-bond donors (Lipinski definition) is 0. The molecule has 0 bridgehead atoms. The molecule has 1 aromatic rings. The van der Waals surface area contributed by atoms with Crippen LogP contribution in [0.4, 0.5) is 0 Å². The van der Waals surface area contributed by atoms with E-state index >= 15 is 0 Å². The molecule has 0 saturated heterocycles. The maximum Gasteiger partial charge on any atom is 0.344 e. The van der Waals surface area contributed by atoms with E-state index in [1.54, 1.807) is 29.2 Å². The minimum atomic E-state index is -4.39. The Morgan fingerprint density at radius 3 is 2.38 bits per heavy atom. The van der Waals surface area contributed by atoms with E-state index in [0.717, 1.165) is 0 Å². The van der Waals surface area contributed by atoms with E-state index in [4.69, 9.17) is 10.3 Å². The largest absolute Gasteiger partial charge is 0.497 e. The maximum atomic E-state index is 11.8. The number of nitriles is 1. The number of nitrogens with zero attached hydrogens (tertiary/aromatic N) is 6. The van der Waals surface area contributed by atoms with Crippen LogP contribution in [0.5, 0.6) is 5.75 Å². The van der Waals surface area contributed by atoms with Crippen molar-refractivity contribution < 1.29 is 13.2 Å². The highest BCUT2D eigenvalue weighted by atomic mass is 32.2. The van der Waals surface area contributed by atoms with Crippen molar-refractivity contribution in [3.63, 3.8) is 0 Å². The van der Waals surface area contributed by atoms with Gasteiger partial charge in [0.05, 0.1) is 17.7 Å². The summed E-state index contributed by atoms with van der Waals surface area (Å²) in [5, 5.41) is 9.56. The molecule has 0 fully saturated rings. The molecule has 24 heavy (non-hydrogen) atoms. The van der Waals surface area contributed by atoms with E-state index in [9.17, 15) is 13.7 Å². The maximum absolute atomic E-state index is 11.8. The highest BCUT2D eigenvalue weighted by Gasteiger charge is 2.25. The van der Waals surface area contributed by atoms with Crippen LogP contribution in [0.2, 0.25) is 0 Å².